The average Bonchev–Trinajstić information content (AvgIpc) is 3.16. The third-order valence-electron chi connectivity index (χ3n) is 4.55. The van der Waals surface area contributed by atoms with E-state index in [9.17, 15) is 4.79 Å². The van der Waals surface area contributed by atoms with Gasteiger partial charge in [-0.05, 0) is 48.4 Å². The molecule has 0 radical (unpaired) electrons. The van der Waals surface area contributed by atoms with Crippen molar-refractivity contribution in [2.45, 2.75) is 39.5 Å². The number of nitrogens with zero attached hydrogens (tertiary/aromatic N) is 4. The van der Waals surface area contributed by atoms with Gasteiger partial charge in [0.2, 0.25) is 5.91 Å². The molecule has 1 aliphatic rings. The number of aryl methyl sites for hydroxylation is 1. The van der Waals surface area contributed by atoms with Gasteiger partial charge in [-0.25, -0.2) is 0 Å². The lowest BCUT2D eigenvalue weighted by molar-refractivity contribution is -0.124. The first-order chi connectivity index (χ1) is 11.0. The van der Waals surface area contributed by atoms with Gasteiger partial charge in [0.05, 0.1) is 7.11 Å². The number of benzene rings is 1. The largest absolute Gasteiger partial charge is 0.494 e. The molecule has 7 heteroatoms. The monoisotopic (exact) mass is 315 g/mol. The maximum absolute atomic E-state index is 12.6. The summed E-state index contributed by atoms with van der Waals surface area (Å²) in [6.07, 6.45) is 4.10. The van der Waals surface area contributed by atoms with E-state index in [0.29, 0.717) is 22.9 Å². The Balaban J connectivity index is 1.89. The number of aromatic nitrogens is 4. The summed E-state index contributed by atoms with van der Waals surface area (Å²) in [7, 11) is 1.59. The van der Waals surface area contributed by atoms with Crippen LogP contribution < -0.4 is 10.1 Å². The first kappa shape index (κ1) is 15.5. The highest BCUT2D eigenvalue weighted by atomic mass is 16.5. The Morgan fingerprint density at radius 3 is 2.70 bits per heavy atom. The first-order valence-electron chi connectivity index (χ1n) is 7.78. The number of ether oxygens (including phenoxy) is 1. The third-order valence-corrected chi connectivity index (χ3v) is 4.55. The molecule has 23 heavy (non-hydrogen) atoms. The van der Waals surface area contributed by atoms with E-state index in [-0.39, 0.29) is 11.3 Å². The van der Waals surface area contributed by atoms with Gasteiger partial charge in [-0.15, -0.1) is 5.10 Å². The van der Waals surface area contributed by atoms with Crippen LogP contribution in [-0.2, 0) is 4.79 Å². The summed E-state index contributed by atoms with van der Waals surface area (Å²) in [4.78, 5) is 12.6. The number of tetrazole rings is 1. The van der Waals surface area contributed by atoms with Crippen LogP contribution in [0.3, 0.4) is 0 Å². The third kappa shape index (κ3) is 2.91. The number of nitrogens with one attached hydrogen (secondary N) is 1. The second kappa shape index (κ2) is 5.98. The first-order valence-corrected chi connectivity index (χ1v) is 7.78. The molecule has 1 heterocycles. The van der Waals surface area contributed by atoms with Crippen molar-refractivity contribution < 1.29 is 9.53 Å². The minimum atomic E-state index is -0.273. The van der Waals surface area contributed by atoms with E-state index < -0.39 is 0 Å². The standard InChI is InChI=1S/C16H21N5O2/c1-11-18-19-20-21(11)13-10-12(6-7-14(13)23-3)17-15(22)16(2)8-4-5-9-16/h6-7,10H,4-5,8-9H2,1-3H3,(H,17,22). The normalized spacial score (nSPS) is 16.3. The second-order valence-electron chi connectivity index (χ2n) is 6.25. The summed E-state index contributed by atoms with van der Waals surface area (Å²) >= 11 is 0. The highest BCUT2D eigenvalue weighted by Gasteiger charge is 2.36. The number of anilines is 1. The lowest BCUT2D eigenvalue weighted by atomic mass is 9.88. The van der Waals surface area contributed by atoms with Crippen LogP contribution in [-0.4, -0.2) is 33.2 Å². The number of amides is 1. The zero-order valence-electron chi connectivity index (χ0n) is 13.7. The van der Waals surface area contributed by atoms with Gasteiger partial charge in [0.1, 0.15) is 11.4 Å². The quantitative estimate of drug-likeness (QED) is 0.937. The molecule has 0 spiro atoms. The van der Waals surface area contributed by atoms with E-state index in [1.54, 1.807) is 11.8 Å². The predicted molar refractivity (Wildman–Crippen MR) is 85.6 cm³/mol. The molecule has 0 aliphatic heterocycles. The van der Waals surface area contributed by atoms with Crippen LogP contribution in [0.4, 0.5) is 5.69 Å². The fraction of sp³-hybridized carbons (Fsp3) is 0.500. The van der Waals surface area contributed by atoms with E-state index >= 15 is 0 Å². The van der Waals surface area contributed by atoms with Gasteiger partial charge in [0, 0.05) is 11.1 Å². The molecule has 0 saturated heterocycles. The average molecular weight is 315 g/mol. The Bertz CT molecular complexity index is 719. The van der Waals surface area contributed by atoms with Gasteiger partial charge >= 0.3 is 0 Å². The molecule has 1 saturated carbocycles. The summed E-state index contributed by atoms with van der Waals surface area (Å²) in [6, 6.07) is 5.47. The number of rotatable bonds is 4. The van der Waals surface area contributed by atoms with Crippen molar-refractivity contribution in [1.82, 2.24) is 20.2 Å². The van der Waals surface area contributed by atoms with Gasteiger partial charge in [-0.1, -0.05) is 19.8 Å². The number of carbonyl (C=O) groups excluding carboxylic acids is 1. The lowest BCUT2D eigenvalue weighted by Gasteiger charge is -2.22. The SMILES string of the molecule is COc1ccc(NC(=O)C2(C)CCCC2)cc1-n1nnnc1C. The molecule has 7 nitrogen and oxygen atoms in total. The van der Waals surface area contributed by atoms with Crippen LogP contribution in [0.1, 0.15) is 38.4 Å². The minimum Gasteiger partial charge on any atom is -0.494 e. The Kier molecular flexibility index (Phi) is 4.02. The van der Waals surface area contributed by atoms with Crippen molar-refractivity contribution in [3.8, 4) is 11.4 Å². The van der Waals surface area contributed by atoms with Crippen molar-refractivity contribution in [3.63, 3.8) is 0 Å². The van der Waals surface area contributed by atoms with Gasteiger partial charge in [-0.2, -0.15) is 4.68 Å². The van der Waals surface area contributed by atoms with Crippen molar-refractivity contribution in [3.05, 3.63) is 24.0 Å². The van der Waals surface area contributed by atoms with E-state index in [1.807, 2.05) is 32.0 Å². The van der Waals surface area contributed by atoms with Crippen LogP contribution in [0, 0.1) is 12.3 Å². The van der Waals surface area contributed by atoms with Crippen molar-refractivity contribution in [1.29, 1.82) is 0 Å². The van der Waals surface area contributed by atoms with Crippen molar-refractivity contribution >= 4 is 11.6 Å². The van der Waals surface area contributed by atoms with E-state index in [2.05, 4.69) is 20.8 Å². The number of hydrogen-bond acceptors (Lipinski definition) is 5. The molecule has 122 valence electrons. The van der Waals surface area contributed by atoms with Gasteiger partial charge in [0.15, 0.2) is 5.82 Å². The van der Waals surface area contributed by atoms with Crippen LogP contribution in [0.25, 0.3) is 5.69 Å². The molecule has 0 unspecified atom stereocenters. The minimum absolute atomic E-state index is 0.0690. The zero-order valence-corrected chi connectivity index (χ0v) is 13.7. The topological polar surface area (TPSA) is 81.9 Å². The van der Waals surface area contributed by atoms with Gasteiger partial charge in [-0.3, -0.25) is 4.79 Å². The molecule has 1 fully saturated rings. The zero-order chi connectivity index (χ0) is 16.4. The molecule has 1 aliphatic carbocycles. The van der Waals surface area contributed by atoms with E-state index in [0.717, 1.165) is 25.7 Å². The molecule has 0 bridgehead atoms. The number of methoxy groups -OCH3 is 1. The summed E-state index contributed by atoms with van der Waals surface area (Å²) in [5.74, 6) is 1.36. The van der Waals surface area contributed by atoms with Crippen LogP contribution in [0.2, 0.25) is 0 Å². The molecule has 0 atom stereocenters. The number of hydrogen-bond donors (Lipinski definition) is 1. The number of carbonyl (C=O) groups is 1. The smallest absolute Gasteiger partial charge is 0.230 e. The summed E-state index contributed by atoms with van der Waals surface area (Å²) in [6.45, 7) is 3.84. The Labute approximate surface area is 135 Å². The maximum Gasteiger partial charge on any atom is 0.230 e. The highest BCUT2D eigenvalue weighted by Crippen LogP contribution is 2.38. The summed E-state index contributed by atoms with van der Waals surface area (Å²) < 4.78 is 6.96. The Morgan fingerprint density at radius 1 is 1.35 bits per heavy atom. The van der Waals surface area contributed by atoms with E-state index in [1.165, 1.54) is 0 Å². The lowest BCUT2D eigenvalue weighted by Crippen LogP contribution is -2.30. The maximum atomic E-state index is 12.6. The molecule has 1 amide bonds. The molecule has 1 aromatic heterocycles. The summed E-state index contributed by atoms with van der Waals surface area (Å²) in [5.41, 5.74) is 1.14. The second-order valence-corrected chi connectivity index (χ2v) is 6.25. The van der Waals surface area contributed by atoms with Crippen LogP contribution in [0.5, 0.6) is 5.75 Å². The fourth-order valence-corrected chi connectivity index (χ4v) is 3.05. The summed E-state index contributed by atoms with van der Waals surface area (Å²) in [5, 5.41) is 14.5. The van der Waals surface area contributed by atoms with Crippen LogP contribution >= 0.6 is 0 Å². The van der Waals surface area contributed by atoms with Gasteiger partial charge < -0.3 is 10.1 Å². The molecular weight excluding hydrogens is 294 g/mol. The molecule has 3 rings (SSSR count). The predicted octanol–water partition coefficient (Wildman–Crippen LogP) is 2.50. The van der Waals surface area contributed by atoms with Gasteiger partial charge in [0.25, 0.3) is 0 Å². The molecule has 1 aromatic carbocycles. The molecular formula is C16H21N5O2. The van der Waals surface area contributed by atoms with Crippen molar-refractivity contribution in [2.24, 2.45) is 5.41 Å². The highest BCUT2D eigenvalue weighted by molar-refractivity contribution is 5.95. The van der Waals surface area contributed by atoms with E-state index in [4.69, 9.17) is 4.74 Å². The Morgan fingerprint density at radius 2 is 2.09 bits per heavy atom. The van der Waals surface area contributed by atoms with Crippen LogP contribution in [0.15, 0.2) is 18.2 Å². The fourth-order valence-electron chi connectivity index (χ4n) is 3.05. The Hall–Kier alpha value is -2.44. The molecule has 2 aromatic rings. The van der Waals surface area contributed by atoms with Crippen molar-refractivity contribution in [2.75, 3.05) is 12.4 Å². The molecule has 1 N–H and O–H groups in total.